The first-order valence-corrected chi connectivity index (χ1v) is 8.91. The lowest BCUT2D eigenvalue weighted by atomic mass is 9.97. The molecule has 1 fully saturated rings. The van der Waals surface area contributed by atoms with Crippen molar-refractivity contribution in [2.75, 3.05) is 25.0 Å². The summed E-state index contributed by atoms with van der Waals surface area (Å²) in [5.74, 6) is 0.462. The molecule has 0 spiro atoms. The molecule has 2 N–H and O–H groups in total. The molecule has 7 heteroatoms. The highest BCUT2D eigenvalue weighted by molar-refractivity contribution is 5.91. The number of halogens is 1. The van der Waals surface area contributed by atoms with Crippen LogP contribution in [0.4, 0.5) is 14.9 Å². The highest BCUT2D eigenvalue weighted by Crippen LogP contribution is 2.18. The predicted molar refractivity (Wildman–Crippen MR) is 100 cm³/mol. The maximum absolute atomic E-state index is 12.9. The Balaban J connectivity index is 1.37. The van der Waals surface area contributed by atoms with E-state index >= 15 is 0 Å². The van der Waals surface area contributed by atoms with Gasteiger partial charge in [0.25, 0.3) is 0 Å². The third-order valence-corrected chi connectivity index (χ3v) is 4.50. The summed E-state index contributed by atoms with van der Waals surface area (Å²) in [5.41, 5.74) is 0.569. The summed E-state index contributed by atoms with van der Waals surface area (Å²) in [6, 6.07) is 9.03. The molecular weight excluding hydrogens is 349 g/mol. The van der Waals surface area contributed by atoms with Gasteiger partial charge in [0.2, 0.25) is 5.91 Å². The molecule has 2 heterocycles. The molecule has 2 aromatic rings. The number of urea groups is 1. The van der Waals surface area contributed by atoms with Crippen LogP contribution in [0.2, 0.25) is 0 Å². The molecule has 1 aliphatic rings. The summed E-state index contributed by atoms with van der Waals surface area (Å²) in [6.45, 7) is 1.82. The Kier molecular flexibility index (Phi) is 6.25. The molecule has 3 amide bonds. The van der Waals surface area contributed by atoms with E-state index in [2.05, 4.69) is 10.6 Å². The fourth-order valence-corrected chi connectivity index (χ4v) is 2.92. The zero-order valence-corrected chi connectivity index (χ0v) is 14.9. The molecule has 1 aromatic heterocycles. The molecule has 0 atom stereocenters. The molecule has 142 valence electrons. The molecule has 1 aliphatic heterocycles. The Morgan fingerprint density at radius 3 is 2.59 bits per heavy atom. The minimum absolute atomic E-state index is 0.164. The van der Waals surface area contributed by atoms with Crippen molar-refractivity contribution in [1.82, 2.24) is 10.2 Å². The largest absolute Gasteiger partial charge is 0.465 e. The van der Waals surface area contributed by atoms with Gasteiger partial charge in [-0.1, -0.05) is 0 Å². The number of amides is 3. The van der Waals surface area contributed by atoms with Gasteiger partial charge in [-0.3, -0.25) is 4.79 Å². The lowest BCUT2D eigenvalue weighted by molar-refractivity contribution is -0.116. The SMILES string of the molecule is O=C(/C=C/c1ccco1)NCC1CCN(C(=O)Nc2ccc(F)cc2)CC1. The molecule has 0 radical (unpaired) electrons. The van der Waals surface area contributed by atoms with Crippen LogP contribution in [0.3, 0.4) is 0 Å². The van der Waals surface area contributed by atoms with Gasteiger partial charge in [0.15, 0.2) is 0 Å². The normalized spacial score (nSPS) is 15.1. The fraction of sp³-hybridized carbons (Fsp3) is 0.300. The summed E-state index contributed by atoms with van der Waals surface area (Å²) in [4.78, 5) is 25.8. The van der Waals surface area contributed by atoms with Gasteiger partial charge in [-0.15, -0.1) is 0 Å². The fourth-order valence-electron chi connectivity index (χ4n) is 2.92. The van der Waals surface area contributed by atoms with E-state index in [4.69, 9.17) is 4.42 Å². The van der Waals surface area contributed by atoms with Crippen LogP contribution in [0.15, 0.2) is 53.2 Å². The van der Waals surface area contributed by atoms with Gasteiger partial charge >= 0.3 is 6.03 Å². The van der Waals surface area contributed by atoms with Crippen LogP contribution in [-0.4, -0.2) is 36.5 Å². The van der Waals surface area contributed by atoms with E-state index in [1.54, 1.807) is 29.4 Å². The Morgan fingerprint density at radius 1 is 1.19 bits per heavy atom. The molecule has 1 saturated heterocycles. The average Bonchev–Trinajstić information content (AvgIpc) is 3.20. The van der Waals surface area contributed by atoms with Gasteiger partial charge in [-0.05, 0) is 61.2 Å². The highest BCUT2D eigenvalue weighted by Gasteiger charge is 2.23. The quantitative estimate of drug-likeness (QED) is 0.790. The van der Waals surface area contributed by atoms with Gasteiger partial charge in [-0.25, -0.2) is 9.18 Å². The molecule has 27 heavy (non-hydrogen) atoms. The van der Waals surface area contributed by atoms with E-state index in [0.717, 1.165) is 12.8 Å². The van der Waals surface area contributed by atoms with Crippen molar-refractivity contribution >= 4 is 23.7 Å². The van der Waals surface area contributed by atoms with E-state index in [1.165, 1.54) is 30.3 Å². The second-order valence-corrected chi connectivity index (χ2v) is 6.46. The Bertz CT molecular complexity index is 779. The van der Waals surface area contributed by atoms with Crippen LogP contribution in [0.5, 0.6) is 0 Å². The average molecular weight is 371 g/mol. The number of piperidine rings is 1. The number of carbonyl (C=O) groups is 2. The second-order valence-electron chi connectivity index (χ2n) is 6.46. The number of likely N-dealkylation sites (tertiary alicyclic amines) is 1. The molecule has 0 saturated carbocycles. The topological polar surface area (TPSA) is 74.6 Å². The third-order valence-electron chi connectivity index (χ3n) is 4.50. The van der Waals surface area contributed by atoms with Crippen LogP contribution < -0.4 is 10.6 Å². The van der Waals surface area contributed by atoms with E-state index in [0.29, 0.717) is 37.0 Å². The zero-order chi connectivity index (χ0) is 19.1. The summed E-state index contributed by atoms with van der Waals surface area (Å²) in [7, 11) is 0. The van der Waals surface area contributed by atoms with E-state index in [9.17, 15) is 14.0 Å². The molecule has 0 bridgehead atoms. The van der Waals surface area contributed by atoms with Crippen LogP contribution >= 0.6 is 0 Å². The van der Waals surface area contributed by atoms with Crippen LogP contribution in [0.25, 0.3) is 6.08 Å². The number of anilines is 1. The molecule has 0 aliphatic carbocycles. The number of hydrogen-bond acceptors (Lipinski definition) is 3. The second kappa shape index (κ2) is 9.02. The molecular formula is C20H22FN3O3. The lowest BCUT2D eigenvalue weighted by Gasteiger charge is -2.32. The number of hydrogen-bond donors (Lipinski definition) is 2. The first kappa shape index (κ1) is 18.7. The standard InChI is InChI=1S/C20H22FN3O3/c21-16-3-5-17(6-4-16)23-20(26)24-11-9-15(10-12-24)14-22-19(25)8-7-18-2-1-13-27-18/h1-8,13,15H,9-12,14H2,(H,22,25)(H,23,26)/b8-7+. The summed E-state index contributed by atoms with van der Waals surface area (Å²) in [6.07, 6.45) is 6.26. The van der Waals surface area contributed by atoms with Gasteiger partial charge in [0.1, 0.15) is 11.6 Å². The van der Waals surface area contributed by atoms with Crippen molar-refractivity contribution in [3.05, 3.63) is 60.3 Å². The third kappa shape index (κ3) is 5.70. The van der Waals surface area contributed by atoms with E-state index < -0.39 is 0 Å². The summed E-state index contributed by atoms with van der Waals surface area (Å²) >= 11 is 0. The number of nitrogens with zero attached hydrogens (tertiary/aromatic N) is 1. The Hall–Kier alpha value is -3.09. The first-order chi connectivity index (χ1) is 13.1. The van der Waals surface area contributed by atoms with Gasteiger partial charge in [0, 0.05) is 31.4 Å². The van der Waals surface area contributed by atoms with E-state index in [-0.39, 0.29) is 17.8 Å². The van der Waals surface area contributed by atoms with Crippen molar-refractivity contribution in [1.29, 1.82) is 0 Å². The summed E-state index contributed by atoms with van der Waals surface area (Å²) in [5, 5.41) is 5.65. The van der Waals surface area contributed by atoms with Gasteiger partial charge in [-0.2, -0.15) is 0 Å². The Labute approximate surface area is 157 Å². The van der Waals surface area contributed by atoms with Crippen molar-refractivity contribution in [2.45, 2.75) is 12.8 Å². The maximum atomic E-state index is 12.9. The number of nitrogens with one attached hydrogen (secondary N) is 2. The van der Waals surface area contributed by atoms with Crippen LogP contribution in [0.1, 0.15) is 18.6 Å². The zero-order valence-electron chi connectivity index (χ0n) is 14.9. The van der Waals surface area contributed by atoms with Crippen molar-refractivity contribution in [3.63, 3.8) is 0 Å². The minimum Gasteiger partial charge on any atom is -0.465 e. The van der Waals surface area contributed by atoms with Gasteiger partial charge < -0.3 is 20.0 Å². The first-order valence-electron chi connectivity index (χ1n) is 8.91. The molecule has 1 aromatic carbocycles. The van der Waals surface area contributed by atoms with Crippen molar-refractivity contribution in [3.8, 4) is 0 Å². The number of benzene rings is 1. The predicted octanol–water partition coefficient (Wildman–Crippen LogP) is 3.49. The van der Waals surface area contributed by atoms with E-state index in [1.807, 2.05) is 0 Å². The molecule has 6 nitrogen and oxygen atoms in total. The lowest BCUT2D eigenvalue weighted by Crippen LogP contribution is -2.43. The van der Waals surface area contributed by atoms with Crippen molar-refractivity contribution in [2.24, 2.45) is 5.92 Å². The molecule has 0 unspecified atom stereocenters. The Morgan fingerprint density at radius 2 is 1.93 bits per heavy atom. The smallest absolute Gasteiger partial charge is 0.321 e. The minimum atomic E-state index is -0.338. The number of rotatable bonds is 5. The molecule has 3 rings (SSSR count). The van der Waals surface area contributed by atoms with Gasteiger partial charge in [0.05, 0.1) is 6.26 Å². The van der Waals surface area contributed by atoms with Crippen LogP contribution in [-0.2, 0) is 4.79 Å². The number of furan rings is 1. The van der Waals surface area contributed by atoms with Crippen molar-refractivity contribution < 1.29 is 18.4 Å². The summed E-state index contributed by atoms with van der Waals surface area (Å²) < 4.78 is 18.0. The number of carbonyl (C=O) groups excluding carboxylic acids is 2. The maximum Gasteiger partial charge on any atom is 0.321 e. The monoisotopic (exact) mass is 371 g/mol. The van der Waals surface area contributed by atoms with Crippen LogP contribution in [0, 0.1) is 11.7 Å². The highest BCUT2D eigenvalue weighted by atomic mass is 19.1.